The van der Waals surface area contributed by atoms with Crippen LogP contribution in [0.1, 0.15) is 30.3 Å². The summed E-state index contributed by atoms with van der Waals surface area (Å²) in [5.41, 5.74) is 5.63. The molecule has 1 aliphatic heterocycles. The van der Waals surface area contributed by atoms with Crippen molar-refractivity contribution in [2.45, 2.75) is 39.0 Å². The van der Waals surface area contributed by atoms with E-state index in [-0.39, 0.29) is 41.9 Å². The number of carbonyl (C=O) groups is 2. The highest BCUT2D eigenvalue weighted by atomic mass is 35.5. The molecule has 3 aromatic rings. The highest BCUT2D eigenvalue weighted by molar-refractivity contribution is 6.33. The molecule has 1 atom stereocenters. The van der Waals surface area contributed by atoms with Crippen LogP contribution in [0.2, 0.25) is 5.02 Å². The van der Waals surface area contributed by atoms with E-state index >= 15 is 0 Å². The summed E-state index contributed by atoms with van der Waals surface area (Å²) in [7, 11) is 0. The van der Waals surface area contributed by atoms with E-state index in [4.69, 9.17) is 26.8 Å². The van der Waals surface area contributed by atoms with Gasteiger partial charge >= 0.3 is 11.7 Å². The molecule has 0 radical (unpaired) electrons. The van der Waals surface area contributed by atoms with Crippen LogP contribution in [0.5, 0.6) is 0 Å². The minimum absolute atomic E-state index is 0.0735. The normalized spacial score (nSPS) is 15.9. The maximum absolute atomic E-state index is 13.3. The molecule has 0 spiro atoms. The van der Waals surface area contributed by atoms with Crippen molar-refractivity contribution in [3.63, 3.8) is 0 Å². The lowest BCUT2D eigenvalue weighted by Gasteiger charge is -2.11. The molecule has 2 aromatic heterocycles. The van der Waals surface area contributed by atoms with Crippen molar-refractivity contribution in [2.24, 2.45) is 5.73 Å². The van der Waals surface area contributed by atoms with Gasteiger partial charge < -0.3 is 15.2 Å². The van der Waals surface area contributed by atoms with Crippen LogP contribution in [0.15, 0.2) is 29.1 Å². The molecular weight excluding hydrogens is 438 g/mol. The van der Waals surface area contributed by atoms with Crippen LogP contribution in [0, 0.1) is 0 Å². The first-order valence-electron chi connectivity index (χ1n) is 10.2. The maximum Gasteiger partial charge on any atom is 0.331 e. The van der Waals surface area contributed by atoms with Gasteiger partial charge in [-0.1, -0.05) is 23.7 Å². The average Bonchev–Trinajstić information content (AvgIpc) is 3.36. The number of rotatable bonds is 7. The van der Waals surface area contributed by atoms with Crippen molar-refractivity contribution in [2.75, 3.05) is 13.2 Å². The van der Waals surface area contributed by atoms with Crippen molar-refractivity contribution < 1.29 is 19.1 Å². The SMILES string of the molecule is CCOC(=O)Cn1c(=O)n(C[C@@H]2CCCO2)c2nc(-c3ccccc3Cl)nc(C(N)=O)c21. The van der Waals surface area contributed by atoms with E-state index in [1.165, 1.54) is 4.57 Å². The third-order valence-electron chi connectivity index (χ3n) is 5.20. The minimum atomic E-state index is -0.863. The van der Waals surface area contributed by atoms with Crippen LogP contribution in [0.25, 0.3) is 22.6 Å². The molecule has 0 bridgehead atoms. The summed E-state index contributed by atoms with van der Waals surface area (Å²) in [4.78, 5) is 46.7. The number of carbonyl (C=O) groups excluding carboxylic acids is 2. The average molecular weight is 460 g/mol. The number of aromatic nitrogens is 4. The first-order valence-corrected chi connectivity index (χ1v) is 10.6. The molecule has 1 aliphatic rings. The summed E-state index contributed by atoms with van der Waals surface area (Å²) in [5, 5.41) is 0.376. The lowest BCUT2D eigenvalue weighted by atomic mass is 10.2. The van der Waals surface area contributed by atoms with E-state index in [2.05, 4.69) is 9.97 Å². The number of primary amides is 1. The highest BCUT2D eigenvalue weighted by Crippen LogP contribution is 2.28. The Morgan fingerprint density at radius 3 is 2.72 bits per heavy atom. The van der Waals surface area contributed by atoms with Gasteiger partial charge in [0.15, 0.2) is 17.2 Å². The Bertz CT molecular complexity index is 1250. The number of halogens is 1. The van der Waals surface area contributed by atoms with Crippen LogP contribution >= 0.6 is 11.6 Å². The Labute approximate surface area is 187 Å². The van der Waals surface area contributed by atoms with Gasteiger partial charge in [-0.3, -0.25) is 18.7 Å². The molecule has 168 valence electrons. The first-order chi connectivity index (χ1) is 15.4. The Morgan fingerprint density at radius 2 is 2.06 bits per heavy atom. The summed E-state index contributed by atoms with van der Waals surface area (Å²) in [5.74, 6) is -1.35. The minimum Gasteiger partial charge on any atom is -0.465 e. The van der Waals surface area contributed by atoms with Crippen molar-refractivity contribution in [3.8, 4) is 11.4 Å². The molecule has 1 fully saturated rings. The fourth-order valence-electron chi connectivity index (χ4n) is 3.79. The van der Waals surface area contributed by atoms with Crippen molar-refractivity contribution in [1.29, 1.82) is 0 Å². The lowest BCUT2D eigenvalue weighted by molar-refractivity contribution is -0.143. The van der Waals surface area contributed by atoms with Crippen LogP contribution in [0.3, 0.4) is 0 Å². The second-order valence-electron chi connectivity index (χ2n) is 7.33. The lowest BCUT2D eigenvalue weighted by Crippen LogP contribution is -2.31. The molecule has 32 heavy (non-hydrogen) atoms. The molecule has 1 saturated heterocycles. The van der Waals surface area contributed by atoms with Gasteiger partial charge in [-0.25, -0.2) is 14.8 Å². The van der Waals surface area contributed by atoms with Crippen LogP contribution < -0.4 is 11.4 Å². The molecule has 0 saturated carbocycles. The maximum atomic E-state index is 13.3. The van der Waals surface area contributed by atoms with Gasteiger partial charge in [0.25, 0.3) is 5.91 Å². The monoisotopic (exact) mass is 459 g/mol. The van der Waals surface area contributed by atoms with E-state index in [9.17, 15) is 14.4 Å². The second kappa shape index (κ2) is 9.09. The Balaban J connectivity index is 1.98. The van der Waals surface area contributed by atoms with Crippen LogP contribution in [-0.2, 0) is 27.4 Å². The molecule has 1 amide bonds. The van der Waals surface area contributed by atoms with Gasteiger partial charge in [0, 0.05) is 12.2 Å². The van der Waals surface area contributed by atoms with E-state index in [1.807, 2.05) is 0 Å². The summed E-state index contributed by atoms with van der Waals surface area (Å²) < 4.78 is 13.2. The van der Waals surface area contributed by atoms with Gasteiger partial charge in [0.1, 0.15) is 12.1 Å². The van der Waals surface area contributed by atoms with Gasteiger partial charge in [0.05, 0.1) is 24.3 Å². The number of nitrogens with zero attached hydrogens (tertiary/aromatic N) is 4. The zero-order chi connectivity index (χ0) is 22.8. The highest BCUT2D eigenvalue weighted by Gasteiger charge is 2.27. The van der Waals surface area contributed by atoms with Gasteiger partial charge in [0.2, 0.25) is 0 Å². The molecule has 0 aliphatic carbocycles. The van der Waals surface area contributed by atoms with Gasteiger partial charge in [-0.05, 0) is 31.9 Å². The standard InChI is InChI=1S/C21H22ClN5O5/c1-2-31-15(28)11-26-17-16(18(23)29)24-19(13-7-3-4-8-14(13)22)25-20(17)27(21(26)30)10-12-6-5-9-32-12/h3-4,7-8,12H,2,5-6,9-11H2,1H3,(H2,23,29)/t12-/m0/s1. The third kappa shape index (κ3) is 4.11. The third-order valence-corrected chi connectivity index (χ3v) is 5.53. The van der Waals surface area contributed by atoms with E-state index < -0.39 is 24.1 Å². The molecule has 0 unspecified atom stereocenters. The van der Waals surface area contributed by atoms with Gasteiger partial charge in [-0.2, -0.15) is 0 Å². The summed E-state index contributed by atoms with van der Waals surface area (Å²) in [6, 6.07) is 6.87. The first kappa shape index (κ1) is 22.0. The molecule has 11 heteroatoms. The molecule has 4 rings (SSSR count). The Kier molecular flexibility index (Phi) is 6.24. The molecule has 3 heterocycles. The number of nitrogens with two attached hydrogens (primary N) is 1. The molecule has 1 aromatic carbocycles. The van der Waals surface area contributed by atoms with E-state index in [1.54, 1.807) is 31.2 Å². The summed E-state index contributed by atoms with van der Waals surface area (Å²) in [6.07, 6.45) is 1.47. The quantitative estimate of drug-likeness (QED) is 0.532. The Morgan fingerprint density at radius 1 is 1.28 bits per heavy atom. The summed E-state index contributed by atoms with van der Waals surface area (Å²) in [6.45, 7) is 2.22. The molecular formula is C21H22ClN5O5. The van der Waals surface area contributed by atoms with Crippen LogP contribution in [-0.4, -0.2) is 50.3 Å². The molecule has 2 N–H and O–H groups in total. The number of fused-ring (bicyclic) bond motifs is 1. The van der Waals surface area contributed by atoms with Crippen molar-refractivity contribution in [1.82, 2.24) is 19.1 Å². The largest absolute Gasteiger partial charge is 0.465 e. The van der Waals surface area contributed by atoms with Gasteiger partial charge in [-0.15, -0.1) is 0 Å². The number of imidazole rings is 1. The number of hydrogen-bond donors (Lipinski definition) is 1. The predicted molar refractivity (Wildman–Crippen MR) is 116 cm³/mol. The predicted octanol–water partition coefficient (Wildman–Crippen LogP) is 1.75. The zero-order valence-electron chi connectivity index (χ0n) is 17.4. The number of amides is 1. The number of hydrogen-bond acceptors (Lipinski definition) is 7. The molecule has 10 nitrogen and oxygen atoms in total. The fraction of sp³-hybridized carbons (Fsp3) is 0.381. The van der Waals surface area contributed by atoms with Crippen molar-refractivity contribution in [3.05, 3.63) is 45.5 Å². The van der Waals surface area contributed by atoms with E-state index in [0.717, 1.165) is 17.4 Å². The number of esters is 1. The number of benzene rings is 1. The zero-order valence-corrected chi connectivity index (χ0v) is 18.2. The smallest absolute Gasteiger partial charge is 0.331 e. The fourth-order valence-corrected chi connectivity index (χ4v) is 4.01. The topological polar surface area (TPSA) is 131 Å². The van der Waals surface area contributed by atoms with E-state index in [0.29, 0.717) is 17.2 Å². The second-order valence-corrected chi connectivity index (χ2v) is 7.74. The van der Waals surface area contributed by atoms with Crippen LogP contribution in [0.4, 0.5) is 0 Å². The van der Waals surface area contributed by atoms with Crippen molar-refractivity contribution >= 4 is 34.6 Å². The Hall–Kier alpha value is -3.24. The number of ether oxygens (including phenoxy) is 2. The summed E-state index contributed by atoms with van der Waals surface area (Å²) >= 11 is 6.31.